The summed E-state index contributed by atoms with van der Waals surface area (Å²) in [5.41, 5.74) is 2.28. The van der Waals surface area contributed by atoms with E-state index in [1.807, 2.05) is 6.92 Å². The van der Waals surface area contributed by atoms with Gasteiger partial charge in [0.1, 0.15) is 5.82 Å². The van der Waals surface area contributed by atoms with Crippen LogP contribution in [0.25, 0.3) is 0 Å². The average molecular weight is 464 g/mol. The highest BCUT2D eigenvalue weighted by Gasteiger charge is 2.26. The summed E-state index contributed by atoms with van der Waals surface area (Å²) in [6, 6.07) is 7.55. The lowest BCUT2D eigenvalue weighted by atomic mass is 9.98. The van der Waals surface area contributed by atoms with Gasteiger partial charge in [0.15, 0.2) is 0 Å². The van der Waals surface area contributed by atoms with Crippen molar-refractivity contribution in [2.45, 2.75) is 33.2 Å². The number of anilines is 2. The molecule has 0 aliphatic carbocycles. The van der Waals surface area contributed by atoms with Crippen molar-refractivity contribution >= 4 is 27.4 Å². The molecule has 3 N–H and O–H groups in total. The van der Waals surface area contributed by atoms with Crippen molar-refractivity contribution < 1.29 is 17.6 Å². The summed E-state index contributed by atoms with van der Waals surface area (Å²) in [7, 11) is -3.11. The Bertz CT molecular complexity index is 1020. The monoisotopic (exact) mass is 463 g/mol. The van der Waals surface area contributed by atoms with Gasteiger partial charge in [-0.15, -0.1) is 0 Å². The molecule has 3 rings (SSSR count). The van der Waals surface area contributed by atoms with E-state index in [4.69, 9.17) is 0 Å². The van der Waals surface area contributed by atoms with Crippen LogP contribution in [0.1, 0.15) is 31.0 Å². The van der Waals surface area contributed by atoms with E-state index in [0.29, 0.717) is 31.2 Å². The Morgan fingerprint density at radius 2 is 1.94 bits per heavy atom. The second kappa shape index (κ2) is 10.8. The largest absolute Gasteiger partial charge is 0.323 e. The topological polar surface area (TPSA) is 103 Å². The van der Waals surface area contributed by atoms with Crippen LogP contribution in [0.15, 0.2) is 36.5 Å². The third-order valence-corrected chi connectivity index (χ3v) is 7.42. The van der Waals surface area contributed by atoms with E-state index in [0.717, 1.165) is 30.6 Å². The van der Waals surface area contributed by atoms with Crippen LogP contribution >= 0.6 is 0 Å². The van der Waals surface area contributed by atoms with Crippen LogP contribution in [0.5, 0.6) is 0 Å². The Hall–Kier alpha value is -2.56. The first-order valence-electron chi connectivity index (χ1n) is 10.7. The molecule has 1 aliphatic rings. The van der Waals surface area contributed by atoms with E-state index >= 15 is 0 Å². The van der Waals surface area contributed by atoms with Crippen molar-refractivity contribution in [2.24, 2.45) is 5.92 Å². The maximum Gasteiger partial charge on any atom is 0.323 e. The number of hydrogen-bond acceptors (Lipinski definition) is 5. The fourth-order valence-corrected chi connectivity index (χ4v) is 4.73. The third kappa shape index (κ3) is 6.72. The molecule has 2 heterocycles. The first-order valence-corrected chi connectivity index (χ1v) is 12.4. The van der Waals surface area contributed by atoms with Gasteiger partial charge in [-0.2, -0.15) is 0 Å². The third-order valence-electron chi connectivity index (χ3n) is 5.54. The number of amides is 2. The van der Waals surface area contributed by atoms with Crippen LogP contribution in [0.2, 0.25) is 0 Å². The molecule has 2 aromatic rings. The highest BCUT2D eigenvalue weighted by molar-refractivity contribution is 7.89. The van der Waals surface area contributed by atoms with Crippen LogP contribution < -0.4 is 16.0 Å². The highest BCUT2D eigenvalue weighted by atomic mass is 32.2. The second-order valence-electron chi connectivity index (χ2n) is 7.96. The molecule has 0 bridgehead atoms. The molecule has 1 fully saturated rings. The molecule has 2 amide bonds. The van der Waals surface area contributed by atoms with Gasteiger partial charge >= 0.3 is 6.03 Å². The molecule has 0 spiro atoms. The minimum Gasteiger partial charge on any atom is -0.312 e. The summed E-state index contributed by atoms with van der Waals surface area (Å²) in [5, 5.41) is 8.52. The Morgan fingerprint density at radius 3 is 2.59 bits per heavy atom. The minimum atomic E-state index is -3.11. The molecule has 8 nitrogen and oxygen atoms in total. The van der Waals surface area contributed by atoms with E-state index in [9.17, 15) is 17.6 Å². The van der Waals surface area contributed by atoms with E-state index in [-0.39, 0.29) is 11.4 Å². The number of pyridine rings is 1. The lowest BCUT2D eigenvalue weighted by Crippen LogP contribution is -2.41. The van der Waals surface area contributed by atoms with Crippen molar-refractivity contribution in [2.75, 3.05) is 36.0 Å². The maximum absolute atomic E-state index is 14.2. The van der Waals surface area contributed by atoms with Crippen LogP contribution in [-0.4, -0.2) is 49.1 Å². The number of hydrogen-bond donors (Lipinski definition) is 3. The van der Waals surface area contributed by atoms with Crippen molar-refractivity contribution in [1.82, 2.24) is 14.6 Å². The Morgan fingerprint density at radius 1 is 1.19 bits per heavy atom. The zero-order valence-corrected chi connectivity index (χ0v) is 19.2. The number of piperidine rings is 1. The van der Waals surface area contributed by atoms with E-state index in [1.165, 1.54) is 12.3 Å². The molecule has 0 atom stereocenters. The number of nitrogens with zero attached hydrogens (tertiary/aromatic N) is 2. The second-order valence-corrected chi connectivity index (χ2v) is 10.2. The van der Waals surface area contributed by atoms with Crippen molar-refractivity contribution in [3.8, 4) is 0 Å². The molecule has 1 aromatic carbocycles. The molecule has 0 radical (unpaired) electrons. The number of aromatic nitrogens is 1. The summed E-state index contributed by atoms with van der Waals surface area (Å²) >= 11 is 0. The smallest absolute Gasteiger partial charge is 0.312 e. The molecular weight excluding hydrogens is 433 g/mol. The van der Waals surface area contributed by atoms with Gasteiger partial charge in [-0.3, -0.25) is 4.98 Å². The van der Waals surface area contributed by atoms with Crippen LogP contribution in [0.4, 0.5) is 20.6 Å². The van der Waals surface area contributed by atoms with Gasteiger partial charge in [-0.25, -0.2) is 21.9 Å². The quantitative estimate of drug-likeness (QED) is 0.557. The average Bonchev–Trinajstić information content (AvgIpc) is 2.78. The van der Waals surface area contributed by atoms with Gasteiger partial charge in [0.25, 0.3) is 0 Å². The van der Waals surface area contributed by atoms with Crippen molar-refractivity contribution in [1.29, 1.82) is 0 Å². The number of sulfonamides is 1. The van der Waals surface area contributed by atoms with Crippen LogP contribution in [0, 0.1) is 18.7 Å². The highest BCUT2D eigenvalue weighted by Crippen LogP contribution is 2.20. The zero-order valence-electron chi connectivity index (χ0n) is 18.4. The first kappa shape index (κ1) is 24.1. The van der Waals surface area contributed by atoms with Gasteiger partial charge in [-0.05, 0) is 69.0 Å². The van der Waals surface area contributed by atoms with Gasteiger partial charge in [0.2, 0.25) is 10.0 Å². The summed E-state index contributed by atoms with van der Waals surface area (Å²) in [6.07, 6.45) is 3.17. The van der Waals surface area contributed by atoms with E-state index in [2.05, 4.69) is 20.9 Å². The molecule has 0 saturated carbocycles. The molecule has 0 unspecified atom stereocenters. The van der Waals surface area contributed by atoms with Gasteiger partial charge in [-0.1, -0.05) is 6.07 Å². The summed E-state index contributed by atoms with van der Waals surface area (Å²) < 4.78 is 39.6. The van der Waals surface area contributed by atoms with Crippen LogP contribution in [-0.2, 0) is 16.6 Å². The van der Waals surface area contributed by atoms with Gasteiger partial charge in [0.05, 0.1) is 23.3 Å². The van der Waals surface area contributed by atoms with Crippen LogP contribution in [0.3, 0.4) is 0 Å². The number of nitrogens with one attached hydrogen (secondary N) is 3. The zero-order chi connectivity index (χ0) is 23.1. The number of urea groups is 1. The molecular formula is C22H30FN5O3S. The number of benzene rings is 1. The molecule has 1 saturated heterocycles. The van der Waals surface area contributed by atoms with Gasteiger partial charge in [0, 0.05) is 25.3 Å². The Labute approximate surface area is 188 Å². The Kier molecular flexibility index (Phi) is 8.16. The van der Waals surface area contributed by atoms with Crippen molar-refractivity contribution in [3.05, 3.63) is 53.6 Å². The molecule has 1 aliphatic heterocycles. The number of halogens is 1. The predicted octanol–water partition coefficient (Wildman–Crippen LogP) is 3.32. The molecule has 1 aromatic heterocycles. The standard InChI is InChI=1S/C22H30FN5O3S/c1-3-32(30,31)28-10-8-17(9-11-28)13-24-14-18-5-7-20(23)21(12-18)27-22(29)26-19-6-4-16(2)25-15-19/h4-7,12,15,17,24H,3,8-11,13-14H2,1-2H3,(H2,26,27,29). The normalized spacial score (nSPS) is 15.5. The Balaban J connectivity index is 1.47. The van der Waals surface area contributed by atoms with Gasteiger partial charge < -0.3 is 16.0 Å². The van der Waals surface area contributed by atoms with E-state index < -0.39 is 21.9 Å². The lowest BCUT2D eigenvalue weighted by Gasteiger charge is -2.31. The summed E-state index contributed by atoms with van der Waals surface area (Å²) in [6.45, 7) is 5.89. The van der Waals surface area contributed by atoms with E-state index in [1.54, 1.807) is 35.5 Å². The molecule has 32 heavy (non-hydrogen) atoms. The molecule has 10 heteroatoms. The fourth-order valence-electron chi connectivity index (χ4n) is 3.60. The molecule has 174 valence electrons. The first-order chi connectivity index (χ1) is 15.3. The maximum atomic E-state index is 14.2. The number of rotatable bonds is 8. The van der Waals surface area contributed by atoms with Crippen molar-refractivity contribution in [3.63, 3.8) is 0 Å². The minimum absolute atomic E-state index is 0.0972. The lowest BCUT2D eigenvalue weighted by molar-refractivity contribution is 0.262. The number of carbonyl (C=O) groups excluding carboxylic acids is 1. The predicted molar refractivity (Wildman–Crippen MR) is 123 cm³/mol. The number of carbonyl (C=O) groups is 1. The SMILES string of the molecule is CCS(=O)(=O)N1CCC(CNCc2ccc(F)c(NC(=O)Nc3ccc(C)nc3)c2)CC1. The number of aryl methyl sites for hydroxylation is 1. The summed E-state index contributed by atoms with van der Waals surface area (Å²) in [4.78, 5) is 16.3. The fraction of sp³-hybridized carbons (Fsp3) is 0.455. The summed E-state index contributed by atoms with van der Waals surface area (Å²) in [5.74, 6) is 0.0113.